The van der Waals surface area contributed by atoms with Crippen LogP contribution in [0.15, 0.2) is 224 Å². The Hall–Kier alpha value is -7.22. The predicted molar refractivity (Wildman–Crippen MR) is 235 cm³/mol. The largest absolute Gasteiger partial charge is 0.310 e. The second-order valence-corrected chi connectivity index (χ2v) is 14.1. The molecule has 0 radical (unpaired) electrons. The first-order valence-electron chi connectivity index (χ1n) is 18.9. The number of anilines is 3. The van der Waals surface area contributed by atoms with Crippen LogP contribution in [0.2, 0.25) is 0 Å². The lowest BCUT2D eigenvalue weighted by Gasteiger charge is -2.28. The summed E-state index contributed by atoms with van der Waals surface area (Å²) >= 11 is 0. The fraction of sp³-hybridized carbons (Fsp3) is 0. The van der Waals surface area contributed by atoms with Crippen molar-refractivity contribution >= 4 is 49.4 Å². The third-order valence-electron chi connectivity index (χ3n) is 10.8. The molecule has 10 aromatic carbocycles. The fourth-order valence-electron chi connectivity index (χ4n) is 8.07. The molecule has 0 saturated heterocycles. The number of benzene rings is 10. The standard InChI is InChI=1S/C54H37N/c1-3-14-41(15-4-1)50-34-29-45(36-53(50)42-16-5-2-6-17-42)40-27-32-48(33-28-40)55(54-37-46-19-9-10-20-49(46)51-21-11-12-22-52(51)54)47-30-25-39(26-31-47)44-24-23-38-13-7-8-18-43(38)35-44/h1-37H. The zero-order valence-electron chi connectivity index (χ0n) is 30.3. The first-order chi connectivity index (χ1) is 27.3. The summed E-state index contributed by atoms with van der Waals surface area (Å²) in [5, 5.41) is 7.45. The van der Waals surface area contributed by atoms with Crippen molar-refractivity contribution in [3.63, 3.8) is 0 Å². The molecule has 10 rings (SSSR count). The lowest BCUT2D eigenvalue weighted by atomic mass is 9.91. The number of nitrogens with zero attached hydrogens (tertiary/aromatic N) is 1. The van der Waals surface area contributed by atoms with Crippen LogP contribution < -0.4 is 4.90 Å². The molecule has 0 aliphatic heterocycles. The monoisotopic (exact) mass is 699 g/mol. The molecule has 0 N–H and O–H groups in total. The molecule has 0 fully saturated rings. The number of hydrogen-bond acceptors (Lipinski definition) is 1. The van der Waals surface area contributed by atoms with E-state index < -0.39 is 0 Å². The van der Waals surface area contributed by atoms with Gasteiger partial charge in [-0.1, -0.05) is 182 Å². The van der Waals surface area contributed by atoms with Crippen LogP contribution in [0.25, 0.3) is 76.8 Å². The molecular weight excluding hydrogens is 663 g/mol. The van der Waals surface area contributed by atoms with Crippen molar-refractivity contribution in [1.82, 2.24) is 0 Å². The predicted octanol–water partition coefficient (Wildman–Crippen LogP) is 15.3. The van der Waals surface area contributed by atoms with Gasteiger partial charge in [-0.15, -0.1) is 0 Å². The minimum Gasteiger partial charge on any atom is -0.310 e. The average molecular weight is 700 g/mol. The molecule has 0 aliphatic rings. The van der Waals surface area contributed by atoms with Gasteiger partial charge in [0.15, 0.2) is 0 Å². The van der Waals surface area contributed by atoms with Crippen LogP contribution >= 0.6 is 0 Å². The topological polar surface area (TPSA) is 3.24 Å². The highest BCUT2D eigenvalue weighted by atomic mass is 15.1. The lowest BCUT2D eigenvalue weighted by Crippen LogP contribution is -2.10. The van der Waals surface area contributed by atoms with Crippen LogP contribution in [0.5, 0.6) is 0 Å². The maximum absolute atomic E-state index is 2.41. The molecular formula is C54H37N. The van der Waals surface area contributed by atoms with Crippen molar-refractivity contribution in [2.75, 3.05) is 4.90 Å². The van der Waals surface area contributed by atoms with E-state index in [1.165, 1.54) is 76.8 Å². The van der Waals surface area contributed by atoms with E-state index in [0.717, 1.165) is 17.1 Å². The van der Waals surface area contributed by atoms with Gasteiger partial charge in [-0.2, -0.15) is 0 Å². The molecule has 0 aromatic heterocycles. The summed E-state index contributed by atoms with van der Waals surface area (Å²) in [4.78, 5) is 2.41. The molecule has 0 saturated carbocycles. The smallest absolute Gasteiger partial charge is 0.0546 e. The summed E-state index contributed by atoms with van der Waals surface area (Å²) in [7, 11) is 0. The highest BCUT2D eigenvalue weighted by Gasteiger charge is 2.18. The molecule has 10 aromatic rings. The van der Waals surface area contributed by atoms with E-state index in [-0.39, 0.29) is 0 Å². The second kappa shape index (κ2) is 14.0. The number of rotatable bonds is 7. The highest BCUT2D eigenvalue weighted by Crippen LogP contribution is 2.43. The lowest BCUT2D eigenvalue weighted by molar-refractivity contribution is 1.30. The van der Waals surface area contributed by atoms with Crippen LogP contribution in [-0.2, 0) is 0 Å². The van der Waals surface area contributed by atoms with Crippen LogP contribution in [0.1, 0.15) is 0 Å². The SMILES string of the molecule is c1ccc(-c2ccc(-c3ccc(N(c4ccc(-c5ccc6ccccc6c5)cc4)c4cc5ccccc5c5ccccc45)cc3)cc2-c2ccccc2)cc1. The van der Waals surface area contributed by atoms with Crippen molar-refractivity contribution in [1.29, 1.82) is 0 Å². The van der Waals surface area contributed by atoms with E-state index >= 15 is 0 Å². The van der Waals surface area contributed by atoms with E-state index in [4.69, 9.17) is 0 Å². The summed E-state index contributed by atoms with van der Waals surface area (Å²) in [6.45, 7) is 0. The third kappa shape index (κ3) is 6.12. The van der Waals surface area contributed by atoms with Gasteiger partial charge in [0.05, 0.1) is 5.69 Å². The van der Waals surface area contributed by atoms with Gasteiger partial charge in [0, 0.05) is 16.8 Å². The zero-order chi connectivity index (χ0) is 36.6. The molecule has 1 nitrogen and oxygen atoms in total. The summed E-state index contributed by atoms with van der Waals surface area (Å²) in [5.41, 5.74) is 13.0. The Morgan fingerprint density at radius 2 is 0.709 bits per heavy atom. The van der Waals surface area contributed by atoms with Gasteiger partial charge >= 0.3 is 0 Å². The Morgan fingerprint density at radius 1 is 0.236 bits per heavy atom. The van der Waals surface area contributed by atoms with Gasteiger partial charge in [-0.3, -0.25) is 0 Å². The van der Waals surface area contributed by atoms with E-state index in [9.17, 15) is 0 Å². The van der Waals surface area contributed by atoms with Gasteiger partial charge in [0.25, 0.3) is 0 Å². The van der Waals surface area contributed by atoms with E-state index in [0.29, 0.717) is 0 Å². The zero-order valence-corrected chi connectivity index (χ0v) is 30.3. The van der Waals surface area contributed by atoms with Crippen molar-refractivity contribution in [3.8, 4) is 44.5 Å². The number of fused-ring (bicyclic) bond motifs is 4. The Bertz CT molecular complexity index is 2950. The van der Waals surface area contributed by atoms with Crippen molar-refractivity contribution in [3.05, 3.63) is 224 Å². The van der Waals surface area contributed by atoms with Crippen molar-refractivity contribution in [2.45, 2.75) is 0 Å². The summed E-state index contributed by atoms with van der Waals surface area (Å²) in [6, 6.07) is 81.5. The Morgan fingerprint density at radius 3 is 1.36 bits per heavy atom. The fourth-order valence-corrected chi connectivity index (χ4v) is 8.07. The third-order valence-corrected chi connectivity index (χ3v) is 10.8. The van der Waals surface area contributed by atoms with Gasteiger partial charge in [-0.05, 0) is 114 Å². The molecule has 0 bridgehead atoms. The molecule has 55 heavy (non-hydrogen) atoms. The summed E-state index contributed by atoms with van der Waals surface area (Å²) in [5.74, 6) is 0. The quantitative estimate of drug-likeness (QED) is 0.150. The van der Waals surface area contributed by atoms with Crippen molar-refractivity contribution in [2.24, 2.45) is 0 Å². The average Bonchev–Trinajstić information content (AvgIpc) is 3.27. The molecule has 0 aliphatic carbocycles. The van der Waals surface area contributed by atoms with Gasteiger partial charge in [-0.25, -0.2) is 0 Å². The van der Waals surface area contributed by atoms with Crippen LogP contribution in [0, 0.1) is 0 Å². The Labute approximate surface area is 322 Å². The molecule has 1 heteroatoms. The molecule has 0 unspecified atom stereocenters. The molecule has 258 valence electrons. The van der Waals surface area contributed by atoms with E-state index in [2.05, 4.69) is 229 Å². The summed E-state index contributed by atoms with van der Waals surface area (Å²) < 4.78 is 0. The Balaban J connectivity index is 1.09. The maximum Gasteiger partial charge on any atom is 0.0546 e. The van der Waals surface area contributed by atoms with Crippen LogP contribution in [-0.4, -0.2) is 0 Å². The molecule has 0 amide bonds. The van der Waals surface area contributed by atoms with Gasteiger partial charge in [0.1, 0.15) is 0 Å². The Kier molecular flexibility index (Phi) is 8.24. The molecule has 0 heterocycles. The molecule has 0 atom stereocenters. The second-order valence-electron chi connectivity index (χ2n) is 14.1. The van der Waals surface area contributed by atoms with Crippen LogP contribution in [0.4, 0.5) is 17.1 Å². The number of hydrogen-bond donors (Lipinski definition) is 0. The van der Waals surface area contributed by atoms with E-state index in [1.54, 1.807) is 0 Å². The first kappa shape index (κ1) is 32.4. The minimum atomic E-state index is 1.10. The van der Waals surface area contributed by atoms with Gasteiger partial charge in [0.2, 0.25) is 0 Å². The maximum atomic E-state index is 2.41. The normalized spacial score (nSPS) is 11.3. The van der Waals surface area contributed by atoms with Gasteiger partial charge < -0.3 is 4.90 Å². The summed E-state index contributed by atoms with van der Waals surface area (Å²) in [6.07, 6.45) is 0. The van der Waals surface area contributed by atoms with E-state index in [1.807, 2.05) is 0 Å². The minimum absolute atomic E-state index is 1.10. The highest BCUT2D eigenvalue weighted by molar-refractivity contribution is 6.14. The molecule has 0 spiro atoms. The van der Waals surface area contributed by atoms with Crippen molar-refractivity contribution < 1.29 is 0 Å². The van der Waals surface area contributed by atoms with Crippen LogP contribution in [0.3, 0.4) is 0 Å². The first-order valence-corrected chi connectivity index (χ1v) is 18.9.